The summed E-state index contributed by atoms with van der Waals surface area (Å²) in [6.45, 7) is 3.85. The first-order valence-corrected chi connectivity index (χ1v) is 8.98. The molecular weight excluding hydrogens is 386 g/mol. The quantitative estimate of drug-likeness (QED) is 0.518. The third-order valence-electron chi connectivity index (χ3n) is 3.95. The molecule has 0 spiro atoms. The van der Waals surface area contributed by atoms with Crippen LogP contribution in [0.1, 0.15) is 31.0 Å². The van der Waals surface area contributed by atoms with Gasteiger partial charge in [-0.3, -0.25) is 9.59 Å². The van der Waals surface area contributed by atoms with Crippen molar-refractivity contribution in [3.05, 3.63) is 58.3 Å². The Bertz CT molecular complexity index is 705. The summed E-state index contributed by atoms with van der Waals surface area (Å²) < 4.78 is 13.2. The Morgan fingerprint density at radius 2 is 1.60 bits per heavy atom. The normalized spacial score (nSPS) is 12.0. The lowest BCUT2D eigenvalue weighted by atomic mass is 9.83. The Labute approximate surface area is 156 Å². The van der Waals surface area contributed by atoms with Crippen LogP contribution in [0, 0.1) is 5.92 Å². The van der Waals surface area contributed by atoms with Crippen LogP contribution in [0.3, 0.4) is 0 Å². The van der Waals surface area contributed by atoms with Crippen LogP contribution in [-0.4, -0.2) is 29.7 Å². The van der Waals surface area contributed by atoms with Gasteiger partial charge in [0.1, 0.15) is 0 Å². The maximum Gasteiger partial charge on any atom is 0.321 e. The number of hydrogen-bond donors (Lipinski definition) is 0. The van der Waals surface area contributed by atoms with E-state index in [0.29, 0.717) is 0 Å². The van der Waals surface area contributed by atoms with Crippen molar-refractivity contribution in [1.82, 2.24) is 4.57 Å². The molecule has 0 fully saturated rings. The van der Waals surface area contributed by atoms with Crippen LogP contribution in [0.25, 0.3) is 0 Å². The highest BCUT2D eigenvalue weighted by Gasteiger charge is 2.40. The van der Waals surface area contributed by atoms with E-state index in [4.69, 9.17) is 9.47 Å². The maximum absolute atomic E-state index is 12.6. The van der Waals surface area contributed by atoms with E-state index >= 15 is 0 Å². The molecule has 1 heterocycles. The predicted molar refractivity (Wildman–Crippen MR) is 98.2 cm³/mol. The molecule has 0 aliphatic carbocycles. The van der Waals surface area contributed by atoms with Gasteiger partial charge in [-0.25, -0.2) is 0 Å². The van der Waals surface area contributed by atoms with Crippen molar-refractivity contribution in [3.8, 4) is 0 Å². The summed E-state index contributed by atoms with van der Waals surface area (Å²) >= 11 is 3.41. The number of aromatic nitrogens is 1. The summed E-state index contributed by atoms with van der Waals surface area (Å²) in [4.78, 5) is 25.2. The Morgan fingerprint density at radius 1 is 1.04 bits per heavy atom. The zero-order valence-electron chi connectivity index (χ0n) is 14.6. The van der Waals surface area contributed by atoms with Gasteiger partial charge in [-0.15, -0.1) is 0 Å². The number of nitrogens with zero attached hydrogens (tertiary/aromatic N) is 1. The lowest BCUT2D eigenvalue weighted by Crippen LogP contribution is -2.34. The van der Waals surface area contributed by atoms with Crippen LogP contribution in [0.5, 0.6) is 0 Å². The Hall–Kier alpha value is -2.08. The minimum Gasteiger partial charge on any atom is -0.465 e. The molecule has 0 N–H and O–H groups in total. The largest absolute Gasteiger partial charge is 0.465 e. The minimum absolute atomic E-state index is 0.203. The summed E-state index contributed by atoms with van der Waals surface area (Å²) in [6, 6.07) is 11.4. The van der Waals surface area contributed by atoms with Crippen LogP contribution in [0.2, 0.25) is 0 Å². The third kappa shape index (κ3) is 4.51. The molecule has 2 rings (SSSR count). The molecule has 0 saturated heterocycles. The zero-order valence-corrected chi connectivity index (χ0v) is 16.2. The molecule has 1 aromatic heterocycles. The molecule has 134 valence electrons. The molecule has 0 aliphatic heterocycles. The number of rotatable bonds is 7. The summed E-state index contributed by atoms with van der Waals surface area (Å²) in [5.74, 6) is -2.70. The van der Waals surface area contributed by atoms with Crippen LogP contribution in [0.15, 0.2) is 47.1 Å². The smallest absolute Gasteiger partial charge is 0.321 e. The summed E-state index contributed by atoms with van der Waals surface area (Å²) in [5, 5.41) is 0. The molecule has 0 saturated carbocycles. The van der Waals surface area contributed by atoms with Crippen molar-refractivity contribution in [3.63, 3.8) is 0 Å². The highest BCUT2D eigenvalue weighted by atomic mass is 79.9. The highest BCUT2D eigenvalue weighted by molar-refractivity contribution is 9.10. The first kappa shape index (κ1) is 19.2. The van der Waals surface area contributed by atoms with Gasteiger partial charge in [-0.1, -0.05) is 28.1 Å². The second-order valence-corrected chi connectivity index (χ2v) is 6.47. The first-order valence-electron chi connectivity index (χ1n) is 8.19. The monoisotopic (exact) mass is 407 g/mol. The molecule has 0 amide bonds. The van der Waals surface area contributed by atoms with Crippen molar-refractivity contribution < 1.29 is 19.1 Å². The fourth-order valence-corrected chi connectivity index (χ4v) is 3.10. The van der Waals surface area contributed by atoms with Crippen LogP contribution in [0.4, 0.5) is 0 Å². The van der Waals surface area contributed by atoms with Gasteiger partial charge in [0, 0.05) is 29.3 Å². The number of hydrogen-bond acceptors (Lipinski definition) is 4. The van der Waals surface area contributed by atoms with Gasteiger partial charge in [0.2, 0.25) is 0 Å². The van der Waals surface area contributed by atoms with Gasteiger partial charge in [0.15, 0.2) is 5.92 Å². The Kier molecular flexibility index (Phi) is 6.82. The van der Waals surface area contributed by atoms with E-state index in [1.54, 1.807) is 13.8 Å². The van der Waals surface area contributed by atoms with Crippen molar-refractivity contribution in [2.75, 3.05) is 13.2 Å². The maximum atomic E-state index is 12.6. The molecule has 5 nitrogen and oxygen atoms in total. The number of benzene rings is 1. The number of ether oxygens (including phenoxy) is 2. The predicted octanol–water partition coefficient (Wildman–Crippen LogP) is 3.66. The molecule has 2 aromatic rings. The van der Waals surface area contributed by atoms with E-state index in [9.17, 15) is 9.59 Å². The standard InChI is InChI=1S/C19H22BrNO4/c1-4-24-18(22)17(19(23)25-5-2)16(15-7-6-12-21(15)3)13-8-10-14(20)11-9-13/h6-12,16-17H,4-5H2,1-3H3. The number of aryl methyl sites for hydroxylation is 1. The summed E-state index contributed by atoms with van der Waals surface area (Å²) in [6.07, 6.45) is 1.88. The second-order valence-electron chi connectivity index (χ2n) is 5.55. The van der Waals surface area contributed by atoms with Crippen LogP contribution < -0.4 is 0 Å². The van der Waals surface area contributed by atoms with Gasteiger partial charge < -0.3 is 14.0 Å². The van der Waals surface area contributed by atoms with Gasteiger partial charge in [-0.05, 0) is 43.7 Å². The molecule has 0 bridgehead atoms. The van der Waals surface area contributed by atoms with Gasteiger partial charge in [0.25, 0.3) is 0 Å². The van der Waals surface area contributed by atoms with Gasteiger partial charge >= 0.3 is 11.9 Å². The van der Waals surface area contributed by atoms with Crippen molar-refractivity contribution in [1.29, 1.82) is 0 Å². The molecule has 25 heavy (non-hydrogen) atoms. The average Bonchev–Trinajstić information content (AvgIpc) is 2.99. The van der Waals surface area contributed by atoms with Gasteiger partial charge in [-0.2, -0.15) is 0 Å². The van der Waals surface area contributed by atoms with E-state index in [1.807, 2.05) is 54.2 Å². The fourth-order valence-electron chi connectivity index (χ4n) is 2.83. The first-order chi connectivity index (χ1) is 12.0. The molecule has 1 atom stereocenters. The Balaban J connectivity index is 2.56. The summed E-state index contributed by atoms with van der Waals surface area (Å²) in [5.41, 5.74) is 1.68. The van der Waals surface area contributed by atoms with E-state index in [2.05, 4.69) is 15.9 Å². The number of carbonyl (C=O) groups is 2. The van der Waals surface area contributed by atoms with E-state index in [-0.39, 0.29) is 13.2 Å². The number of esters is 2. The van der Waals surface area contributed by atoms with Crippen molar-refractivity contribution >= 4 is 27.9 Å². The van der Waals surface area contributed by atoms with Crippen LogP contribution >= 0.6 is 15.9 Å². The number of carbonyl (C=O) groups excluding carboxylic acids is 2. The minimum atomic E-state index is -1.06. The molecule has 1 aromatic carbocycles. The highest BCUT2D eigenvalue weighted by Crippen LogP contribution is 2.34. The number of halogens is 1. The lowest BCUT2D eigenvalue weighted by molar-refractivity contribution is -0.162. The topological polar surface area (TPSA) is 57.5 Å². The molecule has 0 aliphatic rings. The zero-order chi connectivity index (χ0) is 18.4. The van der Waals surface area contributed by atoms with Crippen molar-refractivity contribution in [2.24, 2.45) is 13.0 Å². The molecule has 1 unspecified atom stereocenters. The van der Waals surface area contributed by atoms with Gasteiger partial charge in [0.05, 0.1) is 13.2 Å². The third-order valence-corrected chi connectivity index (χ3v) is 4.47. The van der Waals surface area contributed by atoms with E-state index in [0.717, 1.165) is 15.7 Å². The van der Waals surface area contributed by atoms with Crippen LogP contribution in [-0.2, 0) is 26.1 Å². The average molecular weight is 408 g/mol. The molecule has 0 radical (unpaired) electrons. The van der Waals surface area contributed by atoms with Crippen molar-refractivity contribution in [2.45, 2.75) is 19.8 Å². The summed E-state index contributed by atoms with van der Waals surface area (Å²) in [7, 11) is 1.88. The van der Waals surface area contributed by atoms with E-state index in [1.165, 1.54) is 0 Å². The van der Waals surface area contributed by atoms with E-state index < -0.39 is 23.8 Å². The molecule has 6 heteroatoms. The fraction of sp³-hybridized carbons (Fsp3) is 0.368. The molecular formula is C19H22BrNO4. The Morgan fingerprint density at radius 3 is 2.04 bits per heavy atom. The lowest BCUT2D eigenvalue weighted by Gasteiger charge is -2.25. The SMILES string of the molecule is CCOC(=O)C(C(=O)OCC)C(c1ccc(Br)cc1)c1cccn1C. The second kappa shape index (κ2) is 8.85.